The van der Waals surface area contributed by atoms with Crippen molar-refractivity contribution in [2.24, 2.45) is 5.41 Å². The molecular weight excluding hydrogens is 285 g/mol. The van der Waals surface area contributed by atoms with Crippen LogP contribution < -0.4 is 5.46 Å². The largest absolute Gasteiger partial charge is 0.500 e. The Morgan fingerprint density at radius 3 is 1.73 bits per heavy atom. The second-order valence-corrected chi connectivity index (χ2v) is 8.30. The van der Waals surface area contributed by atoms with Gasteiger partial charge in [0, 0.05) is 0 Å². The van der Waals surface area contributed by atoms with E-state index in [9.17, 15) is 8.78 Å². The molecule has 0 saturated carbocycles. The summed E-state index contributed by atoms with van der Waals surface area (Å²) in [5, 5.41) is 0. The minimum atomic E-state index is -1.02. The second kappa shape index (κ2) is 5.31. The molecule has 5 heteroatoms. The van der Waals surface area contributed by atoms with Crippen molar-refractivity contribution in [2.45, 2.75) is 66.1 Å². The summed E-state index contributed by atoms with van der Waals surface area (Å²) in [6.07, 6.45) is 0.602. The molecule has 0 atom stereocenters. The van der Waals surface area contributed by atoms with E-state index in [2.05, 4.69) is 0 Å². The molecule has 1 heterocycles. The molecule has 0 bridgehead atoms. The number of rotatable bonds is 2. The molecule has 1 aromatic carbocycles. The number of halogens is 2. The van der Waals surface area contributed by atoms with Crippen LogP contribution in [0.5, 0.6) is 0 Å². The monoisotopic (exact) mass is 310 g/mol. The second-order valence-electron chi connectivity index (χ2n) is 8.30. The predicted molar refractivity (Wildman–Crippen MR) is 85.2 cm³/mol. The Hall–Kier alpha value is -0.935. The molecule has 1 fully saturated rings. The lowest BCUT2D eigenvalue weighted by atomic mass is 9.77. The van der Waals surface area contributed by atoms with Crippen molar-refractivity contribution in [2.75, 3.05) is 0 Å². The van der Waals surface area contributed by atoms with Crippen LogP contribution in [0.15, 0.2) is 12.1 Å². The van der Waals surface area contributed by atoms with Crippen LogP contribution in [0.1, 0.15) is 54.0 Å². The van der Waals surface area contributed by atoms with Crippen molar-refractivity contribution < 1.29 is 18.1 Å². The SMILES string of the molecule is CC(C)(C)Cc1cc(F)c(B2OC(C)(C)C(C)(C)O2)c(F)c1. The standard InChI is InChI=1S/C17H25BF2O2/c1-15(2,3)10-11-8-12(19)14(13(20)9-11)18-21-16(4,5)17(6,7)22-18/h8-9H,10H2,1-7H3. The maximum atomic E-state index is 14.4. The molecule has 0 aliphatic carbocycles. The van der Waals surface area contributed by atoms with E-state index >= 15 is 0 Å². The van der Waals surface area contributed by atoms with Crippen LogP contribution in [0.25, 0.3) is 0 Å². The van der Waals surface area contributed by atoms with Crippen molar-refractivity contribution in [3.8, 4) is 0 Å². The fourth-order valence-electron chi connectivity index (χ4n) is 2.54. The predicted octanol–water partition coefficient (Wildman–Crippen LogP) is 3.85. The highest BCUT2D eigenvalue weighted by atomic mass is 19.1. The third-order valence-corrected chi connectivity index (χ3v) is 4.36. The summed E-state index contributed by atoms with van der Waals surface area (Å²) in [5.41, 5.74) is -0.787. The molecule has 0 amide bonds. The first kappa shape index (κ1) is 17.4. The van der Waals surface area contributed by atoms with Gasteiger partial charge in [0.25, 0.3) is 0 Å². The molecule has 122 valence electrons. The van der Waals surface area contributed by atoms with E-state index in [1.165, 1.54) is 12.1 Å². The molecule has 0 aromatic heterocycles. The Morgan fingerprint density at radius 1 is 0.955 bits per heavy atom. The van der Waals surface area contributed by atoms with Crippen molar-refractivity contribution in [3.63, 3.8) is 0 Å². The zero-order valence-corrected chi connectivity index (χ0v) is 14.5. The molecule has 0 spiro atoms. The van der Waals surface area contributed by atoms with Crippen molar-refractivity contribution in [1.82, 2.24) is 0 Å². The van der Waals surface area contributed by atoms with Gasteiger partial charge in [-0.2, -0.15) is 0 Å². The maximum absolute atomic E-state index is 14.4. The minimum absolute atomic E-state index is 0.0370. The molecule has 22 heavy (non-hydrogen) atoms. The van der Waals surface area contributed by atoms with Gasteiger partial charge in [0.05, 0.1) is 16.7 Å². The molecule has 0 radical (unpaired) electrons. The highest BCUT2D eigenvalue weighted by Crippen LogP contribution is 2.37. The molecule has 1 aliphatic heterocycles. The summed E-state index contributed by atoms with van der Waals surface area (Å²) in [7, 11) is -1.02. The summed E-state index contributed by atoms with van der Waals surface area (Å²) in [5.74, 6) is -1.23. The van der Waals surface area contributed by atoms with Crippen LogP contribution in [-0.2, 0) is 15.7 Å². The summed E-state index contributed by atoms with van der Waals surface area (Å²) in [6.45, 7) is 13.5. The Morgan fingerprint density at radius 2 is 1.36 bits per heavy atom. The van der Waals surface area contributed by atoms with E-state index < -0.39 is 30.0 Å². The van der Waals surface area contributed by atoms with Crippen LogP contribution in [0.4, 0.5) is 8.78 Å². The Kier molecular flexibility index (Phi) is 4.20. The van der Waals surface area contributed by atoms with Crippen molar-refractivity contribution in [1.29, 1.82) is 0 Å². The molecule has 2 rings (SSSR count). The molecule has 0 unspecified atom stereocenters. The molecule has 0 N–H and O–H groups in total. The first-order chi connectivity index (χ1) is 9.82. The van der Waals surface area contributed by atoms with Crippen LogP contribution in [0.3, 0.4) is 0 Å². The minimum Gasteiger partial charge on any atom is -0.399 e. The van der Waals surface area contributed by atoms with Gasteiger partial charge < -0.3 is 9.31 Å². The average Bonchev–Trinajstić information content (AvgIpc) is 2.43. The van der Waals surface area contributed by atoms with E-state index in [4.69, 9.17) is 9.31 Å². The highest BCUT2D eigenvalue weighted by Gasteiger charge is 2.53. The topological polar surface area (TPSA) is 18.5 Å². The zero-order chi connectivity index (χ0) is 16.9. The first-order valence-electron chi connectivity index (χ1n) is 7.66. The van der Waals surface area contributed by atoms with Crippen LogP contribution in [-0.4, -0.2) is 18.3 Å². The Balaban J connectivity index is 2.34. The van der Waals surface area contributed by atoms with E-state index in [0.29, 0.717) is 12.0 Å². The van der Waals surface area contributed by atoms with E-state index in [1.54, 1.807) is 0 Å². The van der Waals surface area contributed by atoms with Crippen LogP contribution in [0.2, 0.25) is 0 Å². The van der Waals surface area contributed by atoms with Gasteiger partial charge in [-0.05, 0) is 57.2 Å². The molecule has 2 nitrogen and oxygen atoms in total. The van der Waals surface area contributed by atoms with Crippen molar-refractivity contribution >= 4 is 12.6 Å². The van der Waals surface area contributed by atoms with Crippen molar-refractivity contribution in [3.05, 3.63) is 29.3 Å². The summed E-state index contributed by atoms with van der Waals surface area (Å²) in [6, 6.07) is 2.77. The smallest absolute Gasteiger partial charge is 0.399 e. The fourth-order valence-corrected chi connectivity index (χ4v) is 2.54. The molecular formula is C17H25BF2O2. The lowest BCUT2D eigenvalue weighted by Gasteiger charge is -2.32. The van der Waals surface area contributed by atoms with Gasteiger partial charge in [0.1, 0.15) is 11.6 Å². The number of hydrogen-bond donors (Lipinski definition) is 0. The lowest BCUT2D eigenvalue weighted by molar-refractivity contribution is 0.00578. The summed E-state index contributed by atoms with van der Waals surface area (Å²) < 4.78 is 40.4. The Bertz CT molecular complexity index is 538. The molecule has 1 aromatic rings. The number of hydrogen-bond acceptors (Lipinski definition) is 2. The lowest BCUT2D eigenvalue weighted by Crippen LogP contribution is -2.41. The first-order valence-corrected chi connectivity index (χ1v) is 7.66. The van der Waals surface area contributed by atoms with Gasteiger partial charge in [0.2, 0.25) is 0 Å². The third-order valence-electron chi connectivity index (χ3n) is 4.36. The molecule has 1 aliphatic rings. The summed E-state index contributed by atoms with van der Waals surface area (Å²) in [4.78, 5) is 0. The fraction of sp³-hybridized carbons (Fsp3) is 0.647. The van der Waals surface area contributed by atoms with Gasteiger partial charge in [-0.3, -0.25) is 0 Å². The van der Waals surface area contributed by atoms with Crippen LogP contribution in [0, 0.1) is 17.0 Å². The maximum Gasteiger partial charge on any atom is 0.500 e. The normalized spacial score (nSPS) is 20.5. The van der Waals surface area contributed by atoms with Gasteiger partial charge >= 0.3 is 7.12 Å². The van der Waals surface area contributed by atoms with Gasteiger partial charge in [-0.15, -0.1) is 0 Å². The highest BCUT2D eigenvalue weighted by molar-refractivity contribution is 6.62. The third kappa shape index (κ3) is 3.35. The van der Waals surface area contributed by atoms with Crippen LogP contribution >= 0.6 is 0 Å². The average molecular weight is 310 g/mol. The quantitative estimate of drug-likeness (QED) is 0.773. The van der Waals surface area contributed by atoms with E-state index in [0.717, 1.165) is 0 Å². The number of benzene rings is 1. The molecule has 1 saturated heterocycles. The van der Waals surface area contributed by atoms with Gasteiger partial charge in [0.15, 0.2) is 0 Å². The zero-order valence-electron chi connectivity index (χ0n) is 14.5. The van der Waals surface area contributed by atoms with Gasteiger partial charge in [-0.1, -0.05) is 20.8 Å². The van der Waals surface area contributed by atoms with Gasteiger partial charge in [-0.25, -0.2) is 8.78 Å². The Labute approximate surface area is 132 Å². The summed E-state index contributed by atoms with van der Waals surface area (Å²) >= 11 is 0. The van der Waals surface area contributed by atoms with E-state index in [-0.39, 0.29) is 10.9 Å². The van der Waals surface area contributed by atoms with E-state index in [1.807, 2.05) is 48.5 Å².